The first kappa shape index (κ1) is 28.3. The van der Waals surface area contributed by atoms with E-state index in [1.807, 2.05) is 0 Å². The number of carbonyl (C=O) groups is 1. The van der Waals surface area contributed by atoms with Gasteiger partial charge < -0.3 is 30.1 Å². The predicted octanol–water partition coefficient (Wildman–Crippen LogP) is 0.693. The highest BCUT2D eigenvalue weighted by Gasteiger charge is 2.49. The van der Waals surface area contributed by atoms with Gasteiger partial charge in [0.05, 0.1) is 18.4 Å². The first-order chi connectivity index (χ1) is 16.8. The highest BCUT2D eigenvalue weighted by molar-refractivity contribution is 8.01. The van der Waals surface area contributed by atoms with Gasteiger partial charge in [-0.1, -0.05) is 5.21 Å². The van der Waals surface area contributed by atoms with Crippen LogP contribution in [0.4, 0.5) is 13.2 Å². The van der Waals surface area contributed by atoms with Crippen molar-refractivity contribution in [3.05, 3.63) is 35.8 Å². The molecule has 0 saturated carbocycles. The van der Waals surface area contributed by atoms with Crippen molar-refractivity contribution in [3.63, 3.8) is 0 Å². The molecule has 3 rings (SSSR count). The van der Waals surface area contributed by atoms with Crippen molar-refractivity contribution in [1.29, 1.82) is 0 Å². The molecule has 1 amide bonds. The summed E-state index contributed by atoms with van der Waals surface area (Å²) in [6.45, 7) is 4.34. The summed E-state index contributed by atoms with van der Waals surface area (Å²) in [5.41, 5.74) is -2.92. The number of rotatable bonds is 8. The van der Waals surface area contributed by atoms with Crippen LogP contribution in [0.3, 0.4) is 0 Å². The summed E-state index contributed by atoms with van der Waals surface area (Å²) in [7, 11) is 1.56. The van der Waals surface area contributed by atoms with Crippen LogP contribution in [0.2, 0.25) is 0 Å². The number of aliphatic hydroxyl groups is 4. The molecule has 1 aliphatic rings. The summed E-state index contributed by atoms with van der Waals surface area (Å²) in [6.07, 6.45) is -3.03. The van der Waals surface area contributed by atoms with Crippen molar-refractivity contribution in [2.24, 2.45) is 0 Å². The molecule has 1 aromatic carbocycles. The molecule has 6 atom stereocenters. The molecule has 1 fully saturated rings. The SMILES string of the molecule is CCN(C)C(=O)C(S[C@@H]1O[C@H](CO)[C@H](O)[C@H](n2cc(-c3cc(F)c(F)c(F)c3)nn2)[C@H]1O)C(C)(C)O. The molecule has 1 aromatic heterocycles. The normalized spacial score (nSPS) is 25.6. The number of nitrogens with zero attached hydrogens (tertiary/aromatic N) is 4. The molecular formula is C22H29F3N4O6S. The van der Waals surface area contributed by atoms with E-state index in [0.717, 1.165) is 28.6 Å². The number of carbonyl (C=O) groups excluding carboxylic acids is 1. The number of thioether (sulfide) groups is 1. The molecule has 1 aliphatic heterocycles. The first-order valence-electron chi connectivity index (χ1n) is 11.1. The van der Waals surface area contributed by atoms with Crippen LogP contribution < -0.4 is 0 Å². The molecule has 1 saturated heterocycles. The van der Waals surface area contributed by atoms with Crippen molar-refractivity contribution in [2.75, 3.05) is 20.2 Å². The van der Waals surface area contributed by atoms with Gasteiger partial charge in [-0.15, -0.1) is 16.9 Å². The topological polar surface area (TPSA) is 141 Å². The lowest BCUT2D eigenvalue weighted by molar-refractivity contribution is -0.179. The second-order valence-corrected chi connectivity index (χ2v) is 10.3. The van der Waals surface area contributed by atoms with Gasteiger partial charge in [0.1, 0.15) is 40.7 Å². The Bertz CT molecular complexity index is 1060. The van der Waals surface area contributed by atoms with E-state index >= 15 is 0 Å². The maximum atomic E-state index is 13.7. The first-order valence-corrected chi connectivity index (χ1v) is 12.1. The summed E-state index contributed by atoms with van der Waals surface area (Å²) in [5.74, 6) is -4.92. The van der Waals surface area contributed by atoms with Gasteiger partial charge in [0.2, 0.25) is 5.91 Å². The molecule has 1 unspecified atom stereocenters. The number of ether oxygens (including phenoxy) is 1. The number of benzene rings is 1. The standard InChI is InChI=1S/C22H29F3N4O6S/c1-5-28(4)20(33)19(22(2,3)34)36-21-18(32)16(17(31)14(9-30)35-21)29-8-13(26-27-29)10-6-11(23)15(25)12(24)7-10/h6-8,14,16-19,21,30-32,34H,5,9H2,1-4H3/t14-,16+,17+,18-,19?,21+/m1/s1. The minimum absolute atomic E-state index is 0.0717. The van der Waals surface area contributed by atoms with Gasteiger partial charge in [-0.25, -0.2) is 17.9 Å². The Morgan fingerprint density at radius 1 is 1.25 bits per heavy atom. The smallest absolute Gasteiger partial charge is 0.238 e. The van der Waals surface area contributed by atoms with E-state index in [2.05, 4.69) is 10.3 Å². The Hall–Kier alpha value is -2.23. The van der Waals surface area contributed by atoms with E-state index in [9.17, 15) is 38.4 Å². The Morgan fingerprint density at radius 3 is 2.39 bits per heavy atom. The van der Waals surface area contributed by atoms with Crippen LogP contribution in [0, 0.1) is 17.5 Å². The van der Waals surface area contributed by atoms with Crippen LogP contribution in [0.15, 0.2) is 18.3 Å². The molecule has 0 aliphatic carbocycles. The van der Waals surface area contributed by atoms with Gasteiger partial charge in [-0.3, -0.25) is 4.79 Å². The highest BCUT2D eigenvalue weighted by atomic mass is 32.2. The molecule has 4 N–H and O–H groups in total. The molecule has 36 heavy (non-hydrogen) atoms. The highest BCUT2D eigenvalue weighted by Crippen LogP contribution is 2.39. The minimum atomic E-state index is -1.64. The van der Waals surface area contributed by atoms with Crippen LogP contribution in [0.5, 0.6) is 0 Å². The maximum absolute atomic E-state index is 13.7. The van der Waals surface area contributed by atoms with Gasteiger partial charge in [0, 0.05) is 19.2 Å². The molecule has 14 heteroatoms. The van der Waals surface area contributed by atoms with Gasteiger partial charge in [-0.2, -0.15) is 0 Å². The molecule has 200 valence electrons. The lowest BCUT2D eigenvalue weighted by Gasteiger charge is -2.43. The summed E-state index contributed by atoms with van der Waals surface area (Å²) in [4.78, 5) is 14.3. The molecule has 0 spiro atoms. The summed E-state index contributed by atoms with van der Waals surface area (Å²) in [6, 6.07) is 0.191. The van der Waals surface area contributed by atoms with E-state index in [-0.39, 0.29) is 11.3 Å². The molecule has 10 nitrogen and oxygen atoms in total. The fourth-order valence-corrected chi connectivity index (χ4v) is 5.19. The Kier molecular flexibility index (Phi) is 8.68. The van der Waals surface area contributed by atoms with Crippen molar-refractivity contribution < 1.29 is 43.1 Å². The van der Waals surface area contributed by atoms with Gasteiger partial charge in [0.25, 0.3) is 0 Å². The second-order valence-electron chi connectivity index (χ2n) is 9.06. The Labute approximate surface area is 209 Å². The summed E-state index contributed by atoms with van der Waals surface area (Å²) >= 11 is 0.823. The zero-order chi connectivity index (χ0) is 26.9. The number of hydrogen-bond donors (Lipinski definition) is 4. The zero-order valence-electron chi connectivity index (χ0n) is 20.0. The maximum Gasteiger partial charge on any atom is 0.238 e. The largest absolute Gasteiger partial charge is 0.394 e. The van der Waals surface area contributed by atoms with Crippen LogP contribution in [-0.4, -0.2) is 101 Å². The van der Waals surface area contributed by atoms with Crippen LogP contribution in [0.25, 0.3) is 11.3 Å². The number of hydrogen-bond acceptors (Lipinski definition) is 9. The van der Waals surface area contributed by atoms with Crippen molar-refractivity contribution in [2.45, 2.75) is 61.4 Å². The molecular weight excluding hydrogens is 505 g/mol. The van der Waals surface area contributed by atoms with Crippen LogP contribution >= 0.6 is 11.8 Å². The van der Waals surface area contributed by atoms with Gasteiger partial charge in [0.15, 0.2) is 17.5 Å². The zero-order valence-corrected chi connectivity index (χ0v) is 20.9. The summed E-state index contributed by atoms with van der Waals surface area (Å²) in [5, 5.41) is 48.9. The third kappa shape index (κ3) is 5.68. The lowest BCUT2D eigenvalue weighted by atomic mass is 9.97. The van der Waals surface area contributed by atoms with Gasteiger partial charge in [-0.05, 0) is 32.9 Å². The molecule has 2 heterocycles. The lowest BCUT2D eigenvalue weighted by Crippen LogP contribution is -2.57. The van der Waals surface area contributed by atoms with Crippen molar-refractivity contribution >= 4 is 17.7 Å². The average Bonchev–Trinajstić information content (AvgIpc) is 3.30. The Balaban J connectivity index is 1.94. The quantitative estimate of drug-likeness (QED) is 0.360. The van der Waals surface area contributed by atoms with E-state index in [4.69, 9.17) is 4.74 Å². The fourth-order valence-electron chi connectivity index (χ4n) is 3.77. The van der Waals surface area contributed by atoms with Gasteiger partial charge >= 0.3 is 0 Å². The minimum Gasteiger partial charge on any atom is -0.394 e. The number of amides is 1. The molecule has 2 aromatic rings. The van der Waals surface area contributed by atoms with E-state index in [1.54, 1.807) is 14.0 Å². The molecule has 0 radical (unpaired) electrons. The third-order valence-corrected chi connectivity index (χ3v) is 7.64. The predicted molar refractivity (Wildman–Crippen MR) is 123 cm³/mol. The fraction of sp³-hybridized carbons (Fsp3) is 0.591. The summed E-state index contributed by atoms with van der Waals surface area (Å²) < 4.78 is 47.4. The second kappa shape index (κ2) is 11.0. The number of aliphatic hydroxyl groups excluding tert-OH is 3. The van der Waals surface area contributed by atoms with Crippen molar-refractivity contribution in [3.8, 4) is 11.3 Å². The monoisotopic (exact) mass is 534 g/mol. The van der Waals surface area contributed by atoms with Crippen molar-refractivity contribution in [1.82, 2.24) is 19.9 Å². The van der Waals surface area contributed by atoms with E-state index in [0.29, 0.717) is 6.54 Å². The third-order valence-electron chi connectivity index (χ3n) is 5.93. The number of aromatic nitrogens is 3. The van der Waals surface area contributed by atoms with E-state index < -0.39 is 70.6 Å². The van der Waals surface area contributed by atoms with Crippen LogP contribution in [-0.2, 0) is 9.53 Å². The Morgan fingerprint density at radius 2 is 1.86 bits per heavy atom. The molecule has 0 bridgehead atoms. The average molecular weight is 535 g/mol. The number of halogens is 3. The van der Waals surface area contributed by atoms with Crippen LogP contribution in [0.1, 0.15) is 26.8 Å². The van der Waals surface area contributed by atoms with E-state index in [1.165, 1.54) is 24.9 Å².